The minimum Gasteiger partial charge on any atom is -0.489 e. The van der Waals surface area contributed by atoms with Crippen LogP contribution in [0.5, 0.6) is 11.6 Å². The van der Waals surface area contributed by atoms with Gasteiger partial charge in [-0.25, -0.2) is 21.8 Å². The second-order valence-corrected chi connectivity index (χ2v) is 9.97. The van der Waals surface area contributed by atoms with Crippen LogP contribution in [0.3, 0.4) is 0 Å². The number of methoxy groups -OCH3 is 2. The summed E-state index contributed by atoms with van der Waals surface area (Å²) in [6.45, 7) is 0. The van der Waals surface area contributed by atoms with Crippen molar-refractivity contribution in [3.05, 3.63) is 48.1 Å². The van der Waals surface area contributed by atoms with Gasteiger partial charge in [0.15, 0.2) is 5.82 Å². The van der Waals surface area contributed by atoms with Crippen LogP contribution in [0.25, 0.3) is 0 Å². The minimum atomic E-state index is -4.03. The Labute approximate surface area is 171 Å². The number of ether oxygens (including phenoxy) is 2. The summed E-state index contributed by atoms with van der Waals surface area (Å²) in [7, 11) is -5.07. The van der Waals surface area contributed by atoms with Crippen molar-refractivity contribution in [2.24, 2.45) is 0 Å². The van der Waals surface area contributed by atoms with E-state index in [-0.39, 0.29) is 32.2 Å². The highest BCUT2D eigenvalue weighted by Gasteiger charge is 2.21. The Bertz CT molecular complexity index is 1190. The number of thiophene rings is 1. The molecular weight excluding hydrogens is 440 g/mol. The topological polar surface area (TPSA) is 137 Å². The van der Waals surface area contributed by atoms with Crippen molar-refractivity contribution in [2.45, 2.75) is 9.10 Å². The third-order valence-corrected chi connectivity index (χ3v) is 7.71. The largest absolute Gasteiger partial charge is 0.489 e. The quantitative estimate of drug-likeness (QED) is 0.526. The molecule has 0 amide bonds. The SMILES string of the molecule is COc1ncnc(NS(=O)(=O)c2ccc(NS(=O)(=O)c3cccs3)cc2)c1OC. The molecule has 0 unspecified atom stereocenters. The Kier molecular flexibility index (Phi) is 5.91. The lowest BCUT2D eigenvalue weighted by atomic mass is 10.3. The van der Waals surface area contributed by atoms with Gasteiger partial charge < -0.3 is 9.47 Å². The molecule has 154 valence electrons. The van der Waals surface area contributed by atoms with Crippen LogP contribution in [0.2, 0.25) is 0 Å². The van der Waals surface area contributed by atoms with Gasteiger partial charge in [-0.3, -0.25) is 9.44 Å². The first-order valence-corrected chi connectivity index (χ1v) is 11.7. The molecule has 13 heteroatoms. The third kappa shape index (κ3) is 4.58. The molecule has 2 heterocycles. The van der Waals surface area contributed by atoms with Crippen LogP contribution in [0.4, 0.5) is 11.5 Å². The Morgan fingerprint density at radius 2 is 1.62 bits per heavy atom. The van der Waals surface area contributed by atoms with Crippen LogP contribution >= 0.6 is 11.3 Å². The molecule has 29 heavy (non-hydrogen) atoms. The second kappa shape index (κ2) is 8.23. The van der Waals surface area contributed by atoms with Crippen LogP contribution in [0, 0.1) is 0 Å². The number of nitrogens with one attached hydrogen (secondary N) is 2. The summed E-state index contributed by atoms with van der Waals surface area (Å²) in [5, 5.41) is 1.65. The number of hydrogen-bond acceptors (Lipinski definition) is 9. The van der Waals surface area contributed by atoms with E-state index in [9.17, 15) is 16.8 Å². The fourth-order valence-electron chi connectivity index (χ4n) is 2.27. The van der Waals surface area contributed by atoms with Crippen molar-refractivity contribution < 1.29 is 26.3 Å². The Balaban J connectivity index is 1.82. The lowest BCUT2D eigenvalue weighted by Gasteiger charge is -2.13. The maximum atomic E-state index is 12.6. The summed E-state index contributed by atoms with van der Waals surface area (Å²) in [6.07, 6.45) is 1.13. The molecule has 0 spiro atoms. The van der Waals surface area contributed by atoms with E-state index < -0.39 is 20.0 Å². The van der Waals surface area contributed by atoms with E-state index in [1.54, 1.807) is 11.4 Å². The summed E-state index contributed by atoms with van der Waals surface area (Å²) in [5.41, 5.74) is 0.221. The number of aromatic nitrogens is 2. The van der Waals surface area contributed by atoms with Gasteiger partial charge >= 0.3 is 0 Å². The second-order valence-electron chi connectivity index (χ2n) is 5.43. The molecule has 0 aliphatic heterocycles. The average molecular weight is 457 g/mol. The lowest BCUT2D eigenvalue weighted by molar-refractivity contribution is 0.342. The van der Waals surface area contributed by atoms with E-state index >= 15 is 0 Å². The number of rotatable bonds is 8. The minimum absolute atomic E-state index is 0.0268. The monoisotopic (exact) mass is 456 g/mol. The molecule has 0 bridgehead atoms. The normalized spacial score (nSPS) is 11.7. The number of benzene rings is 1. The summed E-state index contributed by atoms with van der Waals surface area (Å²) in [5.74, 6) is -0.000686. The predicted octanol–water partition coefficient (Wildman–Crippen LogP) is 2.16. The summed E-state index contributed by atoms with van der Waals surface area (Å²) >= 11 is 1.07. The molecule has 2 aromatic heterocycles. The molecule has 0 aliphatic carbocycles. The molecule has 0 atom stereocenters. The maximum absolute atomic E-state index is 12.6. The van der Waals surface area contributed by atoms with E-state index in [0.717, 1.165) is 17.7 Å². The van der Waals surface area contributed by atoms with Crippen LogP contribution < -0.4 is 18.9 Å². The smallest absolute Gasteiger partial charge is 0.271 e. The molecule has 0 radical (unpaired) electrons. The molecule has 3 aromatic rings. The van der Waals surface area contributed by atoms with Crippen molar-refractivity contribution in [3.8, 4) is 11.6 Å². The number of hydrogen-bond donors (Lipinski definition) is 2. The van der Waals surface area contributed by atoms with Crippen LogP contribution in [0.1, 0.15) is 0 Å². The van der Waals surface area contributed by atoms with Gasteiger partial charge in [-0.1, -0.05) is 6.07 Å². The Morgan fingerprint density at radius 1 is 0.897 bits per heavy atom. The van der Waals surface area contributed by atoms with E-state index in [4.69, 9.17) is 9.47 Å². The molecule has 10 nitrogen and oxygen atoms in total. The van der Waals surface area contributed by atoms with Crippen LogP contribution in [-0.2, 0) is 20.0 Å². The highest BCUT2D eigenvalue weighted by atomic mass is 32.2. The fourth-order valence-corrected chi connectivity index (χ4v) is 5.33. The molecule has 0 saturated heterocycles. The van der Waals surface area contributed by atoms with Gasteiger partial charge in [-0.2, -0.15) is 4.98 Å². The van der Waals surface area contributed by atoms with Gasteiger partial charge in [-0.15, -0.1) is 11.3 Å². The first-order valence-electron chi connectivity index (χ1n) is 7.89. The molecule has 0 aliphatic rings. The summed E-state index contributed by atoms with van der Waals surface area (Å²) < 4.78 is 64.8. The number of sulfonamides is 2. The van der Waals surface area contributed by atoms with Crippen molar-refractivity contribution >= 4 is 42.9 Å². The molecule has 2 N–H and O–H groups in total. The van der Waals surface area contributed by atoms with Gasteiger partial charge in [0.25, 0.3) is 25.9 Å². The highest BCUT2D eigenvalue weighted by molar-refractivity contribution is 7.94. The Morgan fingerprint density at radius 3 is 2.21 bits per heavy atom. The first-order chi connectivity index (χ1) is 13.8. The van der Waals surface area contributed by atoms with E-state index in [1.165, 1.54) is 44.6 Å². The van der Waals surface area contributed by atoms with E-state index in [1.807, 2.05) is 0 Å². The predicted molar refractivity (Wildman–Crippen MR) is 108 cm³/mol. The maximum Gasteiger partial charge on any atom is 0.271 e. The summed E-state index contributed by atoms with van der Waals surface area (Å²) in [6, 6.07) is 8.31. The fraction of sp³-hybridized carbons (Fsp3) is 0.125. The van der Waals surface area contributed by atoms with Gasteiger partial charge in [-0.05, 0) is 35.7 Å². The highest BCUT2D eigenvalue weighted by Crippen LogP contribution is 2.32. The summed E-state index contributed by atoms with van der Waals surface area (Å²) in [4.78, 5) is 7.61. The van der Waals surface area contributed by atoms with Crippen molar-refractivity contribution in [1.82, 2.24) is 9.97 Å². The van der Waals surface area contributed by atoms with Crippen molar-refractivity contribution in [1.29, 1.82) is 0 Å². The standard InChI is InChI=1S/C16H16N4O6S3/c1-25-14-15(17-10-18-16(14)26-2)20-28(21,22)12-7-5-11(6-8-12)19-29(23,24)13-4-3-9-27-13/h3-10,19H,1-2H3,(H,17,18,20). The van der Waals surface area contributed by atoms with Crippen LogP contribution in [0.15, 0.2) is 57.2 Å². The molecule has 0 fully saturated rings. The number of nitrogens with zero attached hydrogens (tertiary/aromatic N) is 2. The third-order valence-electron chi connectivity index (χ3n) is 3.58. The van der Waals surface area contributed by atoms with Crippen LogP contribution in [-0.4, -0.2) is 41.0 Å². The number of anilines is 2. The van der Waals surface area contributed by atoms with Crippen molar-refractivity contribution in [3.63, 3.8) is 0 Å². The van der Waals surface area contributed by atoms with Gasteiger partial charge in [0.05, 0.1) is 19.1 Å². The van der Waals surface area contributed by atoms with Gasteiger partial charge in [0.2, 0.25) is 5.75 Å². The first kappa shape index (κ1) is 20.8. The Hall–Kier alpha value is -2.90. The van der Waals surface area contributed by atoms with Gasteiger partial charge in [0.1, 0.15) is 10.5 Å². The molecule has 0 saturated carbocycles. The average Bonchev–Trinajstić information content (AvgIpc) is 3.23. The van der Waals surface area contributed by atoms with Crippen molar-refractivity contribution in [2.75, 3.05) is 23.7 Å². The zero-order chi connectivity index (χ0) is 21.1. The molecule has 1 aromatic carbocycles. The van der Waals surface area contributed by atoms with Gasteiger partial charge in [0, 0.05) is 5.69 Å². The zero-order valence-electron chi connectivity index (χ0n) is 15.2. The van der Waals surface area contributed by atoms with E-state index in [2.05, 4.69) is 19.4 Å². The zero-order valence-corrected chi connectivity index (χ0v) is 17.6. The molecule has 3 rings (SSSR count). The van der Waals surface area contributed by atoms with E-state index in [0.29, 0.717) is 0 Å². The molecular formula is C16H16N4O6S3. The lowest BCUT2D eigenvalue weighted by Crippen LogP contribution is -2.16.